The number of hydrogen-bond donors (Lipinski definition) is 0. The van der Waals surface area contributed by atoms with E-state index in [0.29, 0.717) is 0 Å². The Hall–Kier alpha value is -5.46. The minimum Gasteiger partial charge on any atom is -0.0622 e. The van der Waals surface area contributed by atoms with Crippen molar-refractivity contribution >= 4 is 53.9 Å². The van der Waals surface area contributed by atoms with Gasteiger partial charge in [0.25, 0.3) is 0 Å². The lowest BCUT2D eigenvalue weighted by Crippen LogP contribution is -1.95. The maximum Gasteiger partial charge on any atom is -0.00137 e. The molecule has 0 radical (unpaired) electrons. The lowest BCUT2D eigenvalue weighted by atomic mass is 9.80. The standard InChI is InChI=1S/C42H26/c1-3-13-27(14-4-1)30-21-11-22-31(28-15-5-2-6-16-28)39(30)41-34-20-8-7-19-33(34)40-36-25-10-18-29-17-9-23-32(38(29)36)35-24-12-26-37(41)42(35)40/h1-26H. The van der Waals surface area contributed by atoms with Crippen LogP contribution in [0.2, 0.25) is 0 Å². The maximum absolute atomic E-state index is 2.34. The van der Waals surface area contributed by atoms with E-state index in [1.807, 2.05) is 0 Å². The first-order chi connectivity index (χ1) is 20.9. The molecule has 0 amide bonds. The number of fused-ring (bicyclic) bond motifs is 4. The summed E-state index contributed by atoms with van der Waals surface area (Å²) in [5, 5.41) is 13.2. The second-order valence-corrected chi connectivity index (χ2v) is 11.2. The monoisotopic (exact) mass is 530 g/mol. The van der Waals surface area contributed by atoms with Crippen LogP contribution in [0.1, 0.15) is 0 Å². The molecule has 0 saturated heterocycles. The molecule has 0 heteroatoms. The Morgan fingerprint density at radius 2 is 0.667 bits per heavy atom. The molecule has 42 heavy (non-hydrogen) atoms. The highest BCUT2D eigenvalue weighted by atomic mass is 14.3. The van der Waals surface area contributed by atoms with E-state index in [-0.39, 0.29) is 0 Å². The second kappa shape index (κ2) is 9.03. The molecule has 0 aliphatic heterocycles. The third kappa shape index (κ3) is 3.24. The largest absolute Gasteiger partial charge is 0.0622 e. The summed E-state index contributed by atoms with van der Waals surface area (Å²) in [5.41, 5.74) is 7.54. The quantitative estimate of drug-likeness (QED) is 0.157. The van der Waals surface area contributed by atoms with E-state index in [2.05, 4.69) is 158 Å². The van der Waals surface area contributed by atoms with Crippen LogP contribution >= 0.6 is 0 Å². The third-order valence-electron chi connectivity index (χ3n) is 9.00. The number of benzene rings is 9. The summed E-state index contributed by atoms with van der Waals surface area (Å²) < 4.78 is 0. The molecular weight excluding hydrogens is 504 g/mol. The molecule has 0 aliphatic carbocycles. The third-order valence-corrected chi connectivity index (χ3v) is 9.00. The highest BCUT2D eigenvalue weighted by Gasteiger charge is 2.23. The van der Waals surface area contributed by atoms with Crippen LogP contribution in [0, 0.1) is 0 Å². The van der Waals surface area contributed by atoms with E-state index in [9.17, 15) is 0 Å². The van der Waals surface area contributed by atoms with Gasteiger partial charge in [-0.1, -0.05) is 158 Å². The Morgan fingerprint density at radius 3 is 1.33 bits per heavy atom. The first-order valence-corrected chi connectivity index (χ1v) is 14.6. The SMILES string of the molecule is c1ccc(-c2cccc(-c3ccccc3)c2-c2c3ccccc3c3c4cccc5cccc(c6cccc2c63)c54)cc1. The fourth-order valence-corrected chi connectivity index (χ4v) is 7.31. The summed E-state index contributed by atoms with van der Waals surface area (Å²) in [7, 11) is 0. The van der Waals surface area contributed by atoms with Gasteiger partial charge in [-0.3, -0.25) is 0 Å². The Balaban J connectivity index is 1.57. The van der Waals surface area contributed by atoms with Crippen molar-refractivity contribution in [1.29, 1.82) is 0 Å². The molecule has 0 nitrogen and oxygen atoms in total. The molecule has 0 bridgehead atoms. The van der Waals surface area contributed by atoms with Gasteiger partial charge in [0.1, 0.15) is 0 Å². The van der Waals surface area contributed by atoms with Crippen molar-refractivity contribution in [2.45, 2.75) is 0 Å². The molecule has 0 atom stereocenters. The average Bonchev–Trinajstić information content (AvgIpc) is 3.07. The van der Waals surface area contributed by atoms with Crippen molar-refractivity contribution < 1.29 is 0 Å². The molecule has 9 aromatic carbocycles. The van der Waals surface area contributed by atoms with Crippen LogP contribution in [0.3, 0.4) is 0 Å². The van der Waals surface area contributed by atoms with Crippen molar-refractivity contribution in [2.24, 2.45) is 0 Å². The topological polar surface area (TPSA) is 0 Å². The molecule has 0 heterocycles. The van der Waals surface area contributed by atoms with Crippen molar-refractivity contribution in [3.8, 4) is 33.4 Å². The molecule has 0 aromatic heterocycles. The fraction of sp³-hybridized carbons (Fsp3) is 0. The highest BCUT2D eigenvalue weighted by molar-refractivity contribution is 6.40. The molecule has 0 N–H and O–H groups in total. The van der Waals surface area contributed by atoms with Gasteiger partial charge >= 0.3 is 0 Å². The van der Waals surface area contributed by atoms with Gasteiger partial charge in [-0.05, 0) is 87.2 Å². The minimum atomic E-state index is 1.23. The van der Waals surface area contributed by atoms with E-state index < -0.39 is 0 Å². The molecule has 0 saturated carbocycles. The Kier molecular flexibility index (Phi) is 5.00. The smallest absolute Gasteiger partial charge is 0.00137 e. The lowest BCUT2D eigenvalue weighted by molar-refractivity contribution is 1.58. The summed E-state index contributed by atoms with van der Waals surface area (Å²) in [6.45, 7) is 0. The number of rotatable bonds is 3. The van der Waals surface area contributed by atoms with E-state index >= 15 is 0 Å². The van der Waals surface area contributed by atoms with E-state index in [4.69, 9.17) is 0 Å². The van der Waals surface area contributed by atoms with Crippen LogP contribution in [0.4, 0.5) is 0 Å². The molecule has 0 fully saturated rings. The van der Waals surface area contributed by atoms with Crippen LogP contribution in [0.25, 0.3) is 87.2 Å². The van der Waals surface area contributed by atoms with Crippen LogP contribution in [-0.4, -0.2) is 0 Å². The summed E-state index contributed by atoms with van der Waals surface area (Å²) in [4.78, 5) is 0. The van der Waals surface area contributed by atoms with E-state index in [1.54, 1.807) is 0 Å². The Labute approximate surface area is 244 Å². The van der Waals surface area contributed by atoms with E-state index in [0.717, 1.165) is 0 Å². The predicted octanol–water partition coefficient (Wildman–Crippen LogP) is 11.9. The van der Waals surface area contributed by atoms with Gasteiger partial charge in [0.05, 0.1) is 0 Å². The van der Waals surface area contributed by atoms with Crippen LogP contribution in [0.15, 0.2) is 158 Å². The van der Waals surface area contributed by atoms with Crippen molar-refractivity contribution in [1.82, 2.24) is 0 Å². The molecule has 0 unspecified atom stereocenters. The van der Waals surface area contributed by atoms with Crippen LogP contribution in [0.5, 0.6) is 0 Å². The van der Waals surface area contributed by atoms with Gasteiger partial charge in [-0.15, -0.1) is 0 Å². The first kappa shape index (κ1) is 23.3. The summed E-state index contributed by atoms with van der Waals surface area (Å²) in [6, 6.07) is 57.9. The van der Waals surface area contributed by atoms with Crippen molar-refractivity contribution in [3.63, 3.8) is 0 Å². The molecule has 9 rings (SSSR count). The molecule has 0 spiro atoms. The van der Waals surface area contributed by atoms with Crippen LogP contribution < -0.4 is 0 Å². The van der Waals surface area contributed by atoms with Gasteiger partial charge in [0.15, 0.2) is 0 Å². The van der Waals surface area contributed by atoms with Crippen LogP contribution in [-0.2, 0) is 0 Å². The summed E-state index contributed by atoms with van der Waals surface area (Å²) >= 11 is 0. The van der Waals surface area contributed by atoms with Crippen molar-refractivity contribution in [2.75, 3.05) is 0 Å². The second-order valence-electron chi connectivity index (χ2n) is 11.2. The highest BCUT2D eigenvalue weighted by Crippen LogP contribution is 2.51. The van der Waals surface area contributed by atoms with E-state index in [1.165, 1.54) is 87.2 Å². The van der Waals surface area contributed by atoms with Crippen molar-refractivity contribution in [3.05, 3.63) is 158 Å². The lowest BCUT2D eigenvalue weighted by Gasteiger charge is -2.23. The normalized spacial score (nSPS) is 11.8. The Bertz CT molecular complexity index is 2370. The molecule has 9 aromatic rings. The maximum atomic E-state index is 2.34. The zero-order valence-corrected chi connectivity index (χ0v) is 23.0. The van der Waals surface area contributed by atoms with Gasteiger partial charge in [0.2, 0.25) is 0 Å². The predicted molar refractivity (Wildman–Crippen MR) is 181 cm³/mol. The Morgan fingerprint density at radius 1 is 0.238 bits per heavy atom. The number of hydrogen-bond acceptors (Lipinski definition) is 0. The molecular formula is C42H26. The zero-order chi connectivity index (χ0) is 27.6. The minimum absolute atomic E-state index is 1.23. The van der Waals surface area contributed by atoms with Gasteiger partial charge < -0.3 is 0 Å². The summed E-state index contributed by atoms with van der Waals surface area (Å²) in [5.74, 6) is 0. The fourth-order valence-electron chi connectivity index (χ4n) is 7.31. The summed E-state index contributed by atoms with van der Waals surface area (Å²) in [6.07, 6.45) is 0. The van der Waals surface area contributed by atoms with Gasteiger partial charge in [0, 0.05) is 0 Å². The molecule has 194 valence electrons. The first-order valence-electron chi connectivity index (χ1n) is 14.6. The van der Waals surface area contributed by atoms with Gasteiger partial charge in [-0.2, -0.15) is 0 Å². The van der Waals surface area contributed by atoms with Gasteiger partial charge in [-0.25, -0.2) is 0 Å². The zero-order valence-electron chi connectivity index (χ0n) is 23.0. The molecule has 0 aliphatic rings. The average molecular weight is 531 g/mol.